The molecule has 0 aliphatic heterocycles. The van der Waals surface area contributed by atoms with Crippen LogP contribution >= 0.6 is 0 Å². The Labute approximate surface area is 110 Å². The third-order valence-corrected chi connectivity index (χ3v) is 2.85. The number of nitrogens with zero attached hydrogens (tertiary/aromatic N) is 4. The van der Waals surface area contributed by atoms with Crippen molar-refractivity contribution < 1.29 is 0 Å². The van der Waals surface area contributed by atoms with Crippen LogP contribution in [0.2, 0.25) is 0 Å². The number of para-hydroxylation sites is 1. The minimum Gasteiger partial charge on any atom is -0.384 e. The molecule has 0 amide bonds. The van der Waals surface area contributed by atoms with E-state index in [9.17, 15) is 0 Å². The maximum absolute atomic E-state index is 5.69. The molecule has 2 aromatic heterocycles. The van der Waals surface area contributed by atoms with E-state index in [1.165, 1.54) is 0 Å². The SMILES string of the molecule is Nc1cc(Cc2cnnn2-c2ccccc2)ccn1. The van der Waals surface area contributed by atoms with Gasteiger partial charge in [0.25, 0.3) is 0 Å². The number of anilines is 1. The summed E-state index contributed by atoms with van der Waals surface area (Å²) in [5, 5.41) is 8.11. The van der Waals surface area contributed by atoms with Crippen molar-refractivity contribution in [2.75, 3.05) is 5.73 Å². The predicted octanol–water partition coefficient (Wildman–Crippen LogP) is 1.84. The molecule has 0 fully saturated rings. The molecule has 0 saturated heterocycles. The highest BCUT2D eigenvalue weighted by Crippen LogP contribution is 2.13. The van der Waals surface area contributed by atoms with Crippen molar-refractivity contribution in [3.8, 4) is 5.69 Å². The molecule has 5 heteroatoms. The molecule has 0 radical (unpaired) electrons. The Kier molecular flexibility index (Phi) is 2.94. The van der Waals surface area contributed by atoms with Crippen LogP contribution in [0.3, 0.4) is 0 Å². The van der Waals surface area contributed by atoms with Gasteiger partial charge in [-0.3, -0.25) is 0 Å². The highest BCUT2D eigenvalue weighted by molar-refractivity contribution is 5.36. The second kappa shape index (κ2) is 4.89. The molecule has 2 heterocycles. The number of aromatic nitrogens is 4. The van der Waals surface area contributed by atoms with Gasteiger partial charge in [-0.25, -0.2) is 9.67 Å². The van der Waals surface area contributed by atoms with Crippen molar-refractivity contribution >= 4 is 5.82 Å². The molecule has 0 atom stereocenters. The van der Waals surface area contributed by atoms with E-state index in [1.807, 2.05) is 47.1 Å². The normalized spacial score (nSPS) is 10.5. The molecule has 1 aromatic carbocycles. The van der Waals surface area contributed by atoms with Crippen molar-refractivity contribution in [2.24, 2.45) is 0 Å². The molecule has 19 heavy (non-hydrogen) atoms. The number of benzene rings is 1. The Morgan fingerprint density at radius 1 is 1.11 bits per heavy atom. The second-order valence-electron chi connectivity index (χ2n) is 4.24. The fourth-order valence-corrected chi connectivity index (χ4v) is 1.98. The minimum atomic E-state index is 0.524. The Morgan fingerprint density at radius 2 is 1.95 bits per heavy atom. The molecule has 0 aliphatic rings. The van der Waals surface area contributed by atoms with Crippen LogP contribution in [-0.2, 0) is 6.42 Å². The van der Waals surface area contributed by atoms with Gasteiger partial charge < -0.3 is 5.73 Å². The van der Waals surface area contributed by atoms with Gasteiger partial charge in [0.1, 0.15) is 5.82 Å². The monoisotopic (exact) mass is 251 g/mol. The molecular formula is C14H13N5. The number of pyridine rings is 1. The van der Waals surface area contributed by atoms with E-state index in [0.29, 0.717) is 12.2 Å². The molecule has 94 valence electrons. The van der Waals surface area contributed by atoms with E-state index in [4.69, 9.17) is 5.73 Å². The fourth-order valence-electron chi connectivity index (χ4n) is 1.98. The van der Waals surface area contributed by atoms with Gasteiger partial charge in [-0.15, -0.1) is 5.10 Å². The minimum absolute atomic E-state index is 0.524. The van der Waals surface area contributed by atoms with Crippen LogP contribution in [0.15, 0.2) is 54.9 Å². The first-order valence-corrected chi connectivity index (χ1v) is 5.98. The zero-order chi connectivity index (χ0) is 13.1. The van der Waals surface area contributed by atoms with Gasteiger partial charge in [0.2, 0.25) is 0 Å². The Bertz CT molecular complexity index is 675. The maximum Gasteiger partial charge on any atom is 0.123 e. The molecule has 5 nitrogen and oxygen atoms in total. The van der Waals surface area contributed by atoms with Crippen LogP contribution < -0.4 is 5.73 Å². The molecule has 0 saturated carbocycles. The van der Waals surface area contributed by atoms with E-state index in [0.717, 1.165) is 16.9 Å². The van der Waals surface area contributed by atoms with Gasteiger partial charge in [-0.2, -0.15) is 0 Å². The van der Waals surface area contributed by atoms with Crippen molar-refractivity contribution in [1.82, 2.24) is 20.0 Å². The zero-order valence-corrected chi connectivity index (χ0v) is 10.3. The summed E-state index contributed by atoms with van der Waals surface area (Å²) in [5.74, 6) is 0.524. The smallest absolute Gasteiger partial charge is 0.123 e. The Morgan fingerprint density at radius 3 is 2.74 bits per heavy atom. The van der Waals surface area contributed by atoms with E-state index >= 15 is 0 Å². The van der Waals surface area contributed by atoms with Crippen LogP contribution in [0.4, 0.5) is 5.82 Å². The second-order valence-corrected chi connectivity index (χ2v) is 4.24. The molecule has 3 aromatic rings. The van der Waals surface area contributed by atoms with Crippen molar-refractivity contribution in [2.45, 2.75) is 6.42 Å². The average molecular weight is 251 g/mol. The lowest BCUT2D eigenvalue weighted by Gasteiger charge is -2.06. The topological polar surface area (TPSA) is 69.6 Å². The highest BCUT2D eigenvalue weighted by atomic mass is 15.4. The molecule has 0 unspecified atom stereocenters. The summed E-state index contributed by atoms with van der Waals surface area (Å²) in [5.41, 5.74) is 8.79. The summed E-state index contributed by atoms with van der Waals surface area (Å²) < 4.78 is 1.83. The lowest BCUT2D eigenvalue weighted by Crippen LogP contribution is -2.03. The standard InChI is InChI=1S/C14H13N5/c15-14-9-11(6-7-16-14)8-13-10-17-18-19(13)12-4-2-1-3-5-12/h1-7,9-10H,8H2,(H2,15,16). The van der Waals surface area contributed by atoms with Gasteiger partial charge in [0, 0.05) is 12.6 Å². The van der Waals surface area contributed by atoms with Crippen LogP contribution in [0.1, 0.15) is 11.3 Å². The van der Waals surface area contributed by atoms with Gasteiger partial charge in [-0.05, 0) is 29.8 Å². The molecule has 2 N–H and O–H groups in total. The predicted molar refractivity (Wildman–Crippen MR) is 72.8 cm³/mol. The summed E-state index contributed by atoms with van der Waals surface area (Å²) in [4.78, 5) is 3.99. The van der Waals surface area contributed by atoms with Gasteiger partial charge in [0.05, 0.1) is 17.6 Å². The summed E-state index contributed by atoms with van der Waals surface area (Å²) >= 11 is 0. The number of hydrogen-bond acceptors (Lipinski definition) is 4. The number of rotatable bonds is 3. The van der Waals surface area contributed by atoms with Gasteiger partial charge in [0.15, 0.2) is 0 Å². The van der Waals surface area contributed by atoms with Crippen LogP contribution in [0, 0.1) is 0 Å². The van der Waals surface area contributed by atoms with Crippen LogP contribution in [0.5, 0.6) is 0 Å². The first-order chi connectivity index (χ1) is 9.33. The summed E-state index contributed by atoms with van der Waals surface area (Å²) in [7, 11) is 0. The highest BCUT2D eigenvalue weighted by Gasteiger charge is 2.07. The average Bonchev–Trinajstić information content (AvgIpc) is 2.88. The number of nitrogens with two attached hydrogens (primary N) is 1. The van der Waals surface area contributed by atoms with Gasteiger partial charge >= 0.3 is 0 Å². The molecule has 0 bridgehead atoms. The fraction of sp³-hybridized carbons (Fsp3) is 0.0714. The van der Waals surface area contributed by atoms with Crippen molar-refractivity contribution in [1.29, 1.82) is 0 Å². The number of nitrogen functional groups attached to an aromatic ring is 1. The Balaban J connectivity index is 1.93. The van der Waals surface area contributed by atoms with Crippen molar-refractivity contribution in [3.05, 3.63) is 66.1 Å². The lowest BCUT2D eigenvalue weighted by atomic mass is 10.1. The summed E-state index contributed by atoms with van der Waals surface area (Å²) in [6.07, 6.45) is 4.19. The molecular weight excluding hydrogens is 238 g/mol. The summed E-state index contributed by atoms with van der Waals surface area (Å²) in [6.45, 7) is 0. The van der Waals surface area contributed by atoms with E-state index in [1.54, 1.807) is 12.4 Å². The van der Waals surface area contributed by atoms with E-state index < -0.39 is 0 Å². The number of hydrogen-bond donors (Lipinski definition) is 1. The molecule has 3 rings (SSSR count). The van der Waals surface area contributed by atoms with Crippen molar-refractivity contribution in [3.63, 3.8) is 0 Å². The molecule has 0 aliphatic carbocycles. The maximum atomic E-state index is 5.69. The Hall–Kier alpha value is -2.69. The van der Waals surface area contributed by atoms with E-state index in [-0.39, 0.29) is 0 Å². The van der Waals surface area contributed by atoms with Gasteiger partial charge in [-0.1, -0.05) is 23.4 Å². The zero-order valence-electron chi connectivity index (χ0n) is 10.3. The quantitative estimate of drug-likeness (QED) is 0.771. The first kappa shape index (κ1) is 11.4. The largest absolute Gasteiger partial charge is 0.384 e. The molecule has 0 spiro atoms. The van der Waals surface area contributed by atoms with Crippen LogP contribution in [0.25, 0.3) is 5.69 Å². The summed E-state index contributed by atoms with van der Waals surface area (Å²) in [6, 6.07) is 13.7. The van der Waals surface area contributed by atoms with Crippen LogP contribution in [-0.4, -0.2) is 20.0 Å². The lowest BCUT2D eigenvalue weighted by molar-refractivity contribution is 0.772. The van der Waals surface area contributed by atoms with E-state index in [2.05, 4.69) is 15.3 Å². The first-order valence-electron chi connectivity index (χ1n) is 5.98. The third-order valence-electron chi connectivity index (χ3n) is 2.85. The third kappa shape index (κ3) is 2.44.